The van der Waals surface area contributed by atoms with Crippen LogP contribution in [0.2, 0.25) is 10.0 Å². The summed E-state index contributed by atoms with van der Waals surface area (Å²) in [5, 5.41) is 1.07. The number of aromatic amines is 1. The highest BCUT2D eigenvalue weighted by molar-refractivity contribution is 9.10. The first-order valence-electron chi connectivity index (χ1n) is 7.61. The first-order chi connectivity index (χ1) is 12.0. The Morgan fingerprint density at radius 1 is 1.31 bits per heavy atom. The highest BCUT2D eigenvalue weighted by Gasteiger charge is 2.26. The third-order valence-electron chi connectivity index (χ3n) is 3.69. The van der Waals surface area contributed by atoms with Gasteiger partial charge in [0.2, 0.25) is 0 Å². The van der Waals surface area contributed by atoms with Gasteiger partial charge >= 0.3 is 6.09 Å². The molecule has 0 spiro atoms. The SMILES string of the molecule is CN(C(=O)OC(C)(C)C)c1cc(F)c(Cl)c2c1[nH]c1ncc(Br)c(Cl)c12. The standard InChI is InChI=1S/C17H15BrCl2FN3O2/c1-17(2,3)26-16(25)24(4)9-5-8(21)13(20)10-11-12(19)7(18)6-22-15(11)23-14(9)10/h5-6H,1-4H3,(H,22,23). The first kappa shape index (κ1) is 19.2. The van der Waals surface area contributed by atoms with Crippen LogP contribution in [0.25, 0.3) is 21.9 Å². The summed E-state index contributed by atoms with van der Waals surface area (Å²) in [5.74, 6) is -0.679. The Morgan fingerprint density at radius 3 is 2.58 bits per heavy atom. The predicted molar refractivity (Wildman–Crippen MR) is 106 cm³/mol. The largest absolute Gasteiger partial charge is 0.443 e. The van der Waals surface area contributed by atoms with Crippen molar-refractivity contribution in [1.82, 2.24) is 9.97 Å². The number of carbonyl (C=O) groups is 1. The van der Waals surface area contributed by atoms with E-state index in [1.807, 2.05) is 0 Å². The summed E-state index contributed by atoms with van der Waals surface area (Å²) in [7, 11) is 1.49. The van der Waals surface area contributed by atoms with Crippen LogP contribution in [0.1, 0.15) is 20.8 Å². The summed E-state index contributed by atoms with van der Waals surface area (Å²) in [6.45, 7) is 5.25. The minimum absolute atomic E-state index is 0.102. The zero-order chi connectivity index (χ0) is 19.4. The Morgan fingerprint density at radius 2 is 1.96 bits per heavy atom. The van der Waals surface area contributed by atoms with Crippen LogP contribution in [0, 0.1) is 5.82 Å². The number of halogens is 4. The molecule has 2 heterocycles. The van der Waals surface area contributed by atoms with E-state index in [0.29, 0.717) is 31.4 Å². The lowest BCUT2D eigenvalue weighted by atomic mass is 10.1. The highest BCUT2D eigenvalue weighted by atomic mass is 79.9. The number of pyridine rings is 1. The van der Waals surface area contributed by atoms with E-state index in [0.717, 1.165) is 0 Å². The molecule has 0 aliphatic carbocycles. The molecule has 0 unspecified atom stereocenters. The van der Waals surface area contributed by atoms with Crippen LogP contribution >= 0.6 is 39.1 Å². The molecule has 5 nitrogen and oxygen atoms in total. The molecule has 138 valence electrons. The number of nitrogens with zero attached hydrogens (tertiary/aromatic N) is 2. The fraction of sp³-hybridized carbons (Fsp3) is 0.294. The molecule has 3 aromatic rings. The zero-order valence-electron chi connectivity index (χ0n) is 14.4. The van der Waals surface area contributed by atoms with Crippen molar-refractivity contribution in [2.24, 2.45) is 0 Å². The lowest BCUT2D eigenvalue weighted by Crippen LogP contribution is -2.34. The Labute approximate surface area is 167 Å². The van der Waals surface area contributed by atoms with E-state index < -0.39 is 17.5 Å². The molecule has 26 heavy (non-hydrogen) atoms. The van der Waals surface area contributed by atoms with Crippen LogP contribution in [0.3, 0.4) is 0 Å². The molecule has 2 aromatic heterocycles. The lowest BCUT2D eigenvalue weighted by molar-refractivity contribution is 0.0589. The third-order valence-corrected chi connectivity index (χ3v) is 5.29. The Bertz CT molecular complexity index is 1050. The lowest BCUT2D eigenvalue weighted by Gasteiger charge is -2.25. The molecule has 0 atom stereocenters. The van der Waals surface area contributed by atoms with Gasteiger partial charge in [-0.3, -0.25) is 4.90 Å². The molecule has 1 amide bonds. The van der Waals surface area contributed by atoms with Crippen molar-refractivity contribution in [3.63, 3.8) is 0 Å². The predicted octanol–water partition coefficient (Wildman–Crippen LogP) is 6.30. The van der Waals surface area contributed by atoms with Gasteiger partial charge in [-0.15, -0.1) is 0 Å². The van der Waals surface area contributed by atoms with Crippen molar-refractivity contribution in [1.29, 1.82) is 0 Å². The van der Waals surface area contributed by atoms with Gasteiger partial charge in [-0.2, -0.15) is 0 Å². The zero-order valence-corrected chi connectivity index (χ0v) is 17.5. The molecule has 0 fully saturated rings. The van der Waals surface area contributed by atoms with E-state index >= 15 is 0 Å². The number of benzene rings is 1. The van der Waals surface area contributed by atoms with Crippen molar-refractivity contribution in [2.75, 3.05) is 11.9 Å². The fourth-order valence-corrected chi connectivity index (χ4v) is 3.35. The van der Waals surface area contributed by atoms with E-state index in [4.69, 9.17) is 27.9 Å². The second kappa shape index (κ2) is 6.55. The van der Waals surface area contributed by atoms with Crippen LogP contribution in [0.4, 0.5) is 14.9 Å². The number of hydrogen-bond donors (Lipinski definition) is 1. The molecule has 9 heteroatoms. The maximum atomic E-state index is 14.5. The number of nitrogens with one attached hydrogen (secondary N) is 1. The average Bonchev–Trinajstić information content (AvgIpc) is 2.92. The van der Waals surface area contributed by atoms with Crippen LogP contribution in [0.15, 0.2) is 16.7 Å². The number of rotatable bonds is 1. The van der Waals surface area contributed by atoms with Gasteiger partial charge in [0.15, 0.2) is 0 Å². The van der Waals surface area contributed by atoms with Gasteiger partial charge in [-0.25, -0.2) is 14.2 Å². The van der Waals surface area contributed by atoms with Gasteiger partial charge in [0.1, 0.15) is 17.1 Å². The molecule has 0 aliphatic heterocycles. The summed E-state index contributed by atoms with van der Waals surface area (Å²) in [4.78, 5) is 21.0. The van der Waals surface area contributed by atoms with Crippen molar-refractivity contribution in [3.05, 3.63) is 32.6 Å². The second-order valence-electron chi connectivity index (χ2n) is 6.75. The maximum absolute atomic E-state index is 14.5. The van der Waals surface area contributed by atoms with Gasteiger partial charge in [-0.05, 0) is 36.7 Å². The van der Waals surface area contributed by atoms with E-state index in [9.17, 15) is 9.18 Å². The molecule has 0 saturated carbocycles. The number of fused-ring (bicyclic) bond motifs is 3. The molecule has 1 N–H and O–H groups in total. The summed E-state index contributed by atoms with van der Waals surface area (Å²) >= 11 is 15.9. The van der Waals surface area contributed by atoms with Gasteiger partial charge < -0.3 is 9.72 Å². The van der Waals surface area contributed by atoms with Crippen molar-refractivity contribution in [2.45, 2.75) is 26.4 Å². The molecular formula is C17H15BrCl2FN3O2. The van der Waals surface area contributed by atoms with Gasteiger partial charge in [0.05, 0.1) is 25.7 Å². The number of ether oxygens (including phenoxy) is 1. The van der Waals surface area contributed by atoms with Crippen LogP contribution in [-0.4, -0.2) is 28.7 Å². The summed E-state index contributed by atoms with van der Waals surface area (Å²) in [6.07, 6.45) is 0.904. The second-order valence-corrected chi connectivity index (χ2v) is 8.36. The molecule has 1 aromatic carbocycles. The van der Waals surface area contributed by atoms with E-state index in [2.05, 4.69) is 25.9 Å². The normalized spacial score (nSPS) is 12.0. The first-order valence-corrected chi connectivity index (χ1v) is 9.16. The summed E-state index contributed by atoms with van der Waals surface area (Å²) in [5.41, 5.74) is 0.444. The number of aromatic nitrogens is 2. The highest BCUT2D eigenvalue weighted by Crippen LogP contribution is 2.42. The van der Waals surface area contributed by atoms with Crippen LogP contribution in [-0.2, 0) is 4.74 Å². The summed E-state index contributed by atoms with van der Waals surface area (Å²) in [6, 6.07) is 1.17. The van der Waals surface area contributed by atoms with Gasteiger partial charge in [-0.1, -0.05) is 23.2 Å². The summed E-state index contributed by atoms with van der Waals surface area (Å²) < 4.78 is 20.4. The van der Waals surface area contributed by atoms with Gasteiger partial charge in [0, 0.05) is 30.1 Å². The number of amides is 1. The Hall–Kier alpha value is -1.57. The molecule has 0 saturated heterocycles. The van der Waals surface area contributed by atoms with Crippen LogP contribution in [0.5, 0.6) is 0 Å². The van der Waals surface area contributed by atoms with Crippen molar-refractivity contribution in [3.8, 4) is 0 Å². The van der Waals surface area contributed by atoms with Crippen molar-refractivity contribution >= 4 is 72.8 Å². The van der Waals surface area contributed by atoms with Gasteiger partial charge in [0.25, 0.3) is 0 Å². The van der Waals surface area contributed by atoms with Crippen LogP contribution < -0.4 is 4.90 Å². The number of H-pyrrole nitrogens is 1. The Balaban J connectivity index is 2.29. The molecule has 0 radical (unpaired) electrons. The number of anilines is 1. The van der Waals surface area contributed by atoms with E-state index in [-0.39, 0.29) is 10.7 Å². The molecule has 0 bridgehead atoms. The minimum atomic E-state index is -0.689. The molecule has 0 aliphatic rings. The topological polar surface area (TPSA) is 58.2 Å². The average molecular weight is 463 g/mol. The molecule has 3 rings (SSSR count). The number of carbonyl (C=O) groups excluding carboxylic acids is 1. The minimum Gasteiger partial charge on any atom is -0.443 e. The Kier molecular flexibility index (Phi) is 4.83. The van der Waals surface area contributed by atoms with E-state index in [1.165, 1.54) is 24.2 Å². The molecular weight excluding hydrogens is 448 g/mol. The van der Waals surface area contributed by atoms with Crippen molar-refractivity contribution < 1.29 is 13.9 Å². The smallest absolute Gasteiger partial charge is 0.414 e. The third kappa shape index (κ3) is 3.23. The fourth-order valence-electron chi connectivity index (χ4n) is 2.57. The monoisotopic (exact) mass is 461 g/mol. The quantitative estimate of drug-likeness (QED) is 0.461. The number of hydrogen-bond acceptors (Lipinski definition) is 3. The van der Waals surface area contributed by atoms with E-state index in [1.54, 1.807) is 20.8 Å². The maximum Gasteiger partial charge on any atom is 0.414 e.